The highest BCUT2D eigenvalue weighted by Gasteiger charge is 2.35. The average Bonchev–Trinajstić information content (AvgIpc) is 3.47. The fraction of sp³-hybridized carbons (Fsp3) is 0.250. The number of amides is 2. The molecule has 0 bridgehead atoms. The van der Waals surface area contributed by atoms with Crippen molar-refractivity contribution < 1.29 is 18.4 Å². The highest BCUT2D eigenvalue weighted by Crippen LogP contribution is 2.31. The second kappa shape index (κ2) is 8.95. The van der Waals surface area contributed by atoms with Crippen LogP contribution in [0.15, 0.2) is 77.4 Å². The first-order chi connectivity index (χ1) is 14.6. The van der Waals surface area contributed by atoms with E-state index in [1.165, 1.54) is 35.4 Å². The van der Waals surface area contributed by atoms with E-state index in [0.29, 0.717) is 11.3 Å². The van der Waals surface area contributed by atoms with Gasteiger partial charge in [0.25, 0.3) is 5.91 Å². The van der Waals surface area contributed by atoms with Gasteiger partial charge in [-0.1, -0.05) is 43.2 Å². The van der Waals surface area contributed by atoms with Gasteiger partial charge in [0.2, 0.25) is 5.91 Å². The molecular formula is C24H23FN2O3. The summed E-state index contributed by atoms with van der Waals surface area (Å²) in [6.07, 6.45) is 5.42. The lowest BCUT2D eigenvalue weighted by Gasteiger charge is -2.31. The Morgan fingerprint density at radius 1 is 0.967 bits per heavy atom. The first-order valence-electron chi connectivity index (χ1n) is 10.1. The van der Waals surface area contributed by atoms with E-state index in [0.717, 1.165) is 25.7 Å². The predicted molar refractivity (Wildman–Crippen MR) is 111 cm³/mol. The van der Waals surface area contributed by atoms with Crippen molar-refractivity contribution in [2.45, 2.75) is 37.8 Å². The highest BCUT2D eigenvalue weighted by molar-refractivity contribution is 6.08. The van der Waals surface area contributed by atoms with Crippen LogP contribution in [0.2, 0.25) is 0 Å². The number of benzene rings is 2. The lowest BCUT2D eigenvalue weighted by atomic mass is 10.0. The van der Waals surface area contributed by atoms with Crippen molar-refractivity contribution >= 4 is 17.5 Å². The van der Waals surface area contributed by atoms with Gasteiger partial charge in [-0.05, 0) is 54.8 Å². The summed E-state index contributed by atoms with van der Waals surface area (Å²) in [6, 6.07) is 17.0. The van der Waals surface area contributed by atoms with E-state index in [2.05, 4.69) is 5.32 Å². The maximum atomic E-state index is 13.6. The third kappa shape index (κ3) is 4.27. The second-order valence-electron chi connectivity index (χ2n) is 7.43. The van der Waals surface area contributed by atoms with E-state index in [9.17, 15) is 14.0 Å². The summed E-state index contributed by atoms with van der Waals surface area (Å²) in [5.74, 6) is -1.05. The van der Waals surface area contributed by atoms with Crippen LogP contribution in [-0.2, 0) is 4.79 Å². The summed E-state index contributed by atoms with van der Waals surface area (Å²) in [7, 11) is 0. The lowest BCUT2D eigenvalue weighted by Crippen LogP contribution is -2.46. The molecule has 1 aromatic heterocycles. The number of nitrogens with one attached hydrogen (secondary N) is 1. The van der Waals surface area contributed by atoms with Crippen molar-refractivity contribution in [3.63, 3.8) is 0 Å². The lowest BCUT2D eigenvalue weighted by molar-refractivity contribution is -0.123. The zero-order chi connectivity index (χ0) is 20.9. The van der Waals surface area contributed by atoms with Crippen LogP contribution in [0.1, 0.15) is 47.8 Å². The Hall–Kier alpha value is -3.41. The fourth-order valence-corrected chi connectivity index (χ4v) is 3.91. The van der Waals surface area contributed by atoms with E-state index in [4.69, 9.17) is 4.42 Å². The van der Waals surface area contributed by atoms with Gasteiger partial charge in [-0.15, -0.1) is 0 Å². The van der Waals surface area contributed by atoms with Gasteiger partial charge in [-0.25, -0.2) is 4.39 Å². The standard InChI is InChI=1S/C24H23FN2O3/c25-18-12-14-20(15-13-18)27(24(29)21-11-6-16-30-21)22(17-7-2-1-3-8-17)23(28)26-19-9-4-5-10-19/h1-3,6-8,11-16,19,22H,4-5,9-10H2,(H,26,28). The average molecular weight is 406 g/mol. The number of carbonyl (C=O) groups excluding carboxylic acids is 2. The zero-order valence-corrected chi connectivity index (χ0v) is 16.5. The van der Waals surface area contributed by atoms with Crippen LogP contribution < -0.4 is 10.2 Å². The monoisotopic (exact) mass is 406 g/mol. The van der Waals surface area contributed by atoms with Crippen LogP contribution >= 0.6 is 0 Å². The molecule has 0 aliphatic heterocycles. The molecule has 2 amide bonds. The normalized spacial score (nSPS) is 15.0. The minimum Gasteiger partial charge on any atom is -0.459 e. The molecule has 6 heteroatoms. The molecule has 1 unspecified atom stereocenters. The van der Waals surface area contributed by atoms with Crippen molar-refractivity contribution in [1.29, 1.82) is 0 Å². The van der Waals surface area contributed by atoms with Gasteiger partial charge in [-0.2, -0.15) is 0 Å². The van der Waals surface area contributed by atoms with Crippen LogP contribution in [0.3, 0.4) is 0 Å². The Kier molecular flexibility index (Phi) is 5.93. The third-order valence-electron chi connectivity index (χ3n) is 5.38. The van der Waals surface area contributed by atoms with Crippen LogP contribution in [0.25, 0.3) is 0 Å². The smallest absolute Gasteiger partial charge is 0.294 e. The first-order valence-corrected chi connectivity index (χ1v) is 10.1. The molecule has 1 aliphatic rings. The maximum absolute atomic E-state index is 13.6. The molecule has 0 radical (unpaired) electrons. The van der Waals surface area contributed by atoms with E-state index in [-0.39, 0.29) is 17.7 Å². The number of rotatable bonds is 6. The third-order valence-corrected chi connectivity index (χ3v) is 5.38. The second-order valence-corrected chi connectivity index (χ2v) is 7.43. The Balaban J connectivity index is 1.78. The Labute approximate surface area is 174 Å². The molecule has 1 saturated carbocycles. The van der Waals surface area contributed by atoms with Gasteiger partial charge < -0.3 is 9.73 Å². The molecule has 1 heterocycles. The quantitative estimate of drug-likeness (QED) is 0.636. The predicted octanol–water partition coefficient (Wildman–Crippen LogP) is 4.87. The number of carbonyl (C=O) groups is 2. The number of halogens is 1. The largest absolute Gasteiger partial charge is 0.459 e. The summed E-state index contributed by atoms with van der Waals surface area (Å²) < 4.78 is 18.9. The fourth-order valence-electron chi connectivity index (χ4n) is 3.91. The van der Waals surface area contributed by atoms with Gasteiger partial charge in [0.05, 0.1) is 6.26 Å². The van der Waals surface area contributed by atoms with E-state index >= 15 is 0 Å². The van der Waals surface area contributed by atoms with Crippen molar-refractivity contribution in [2.75, 3.05) is 4.90 Å². The maximum Gasteiger partial charge on any atom is 0.294 e. The van der Waals surface area contributed by atoms with Gasteiger partial charge >= 0.3 is 0 Å². The number of furan rings is 1. The molecule has 4 rings (SSSR count). The van der Waals surface area contributed by atoms with Crippen molar-refractivity contribution in [1.82, 2.24) is 5.32 Å². The summed E-state index contributed by atoms with van der Waals surface area (Å²) in [6.45, 7) is 0. The Morgan fingerprint density at radius 2 is 1.67 bits per heavy atom. The van der Waals surface area contributed by atoms with Crippen LogP contribution in [-0.4, -0.2) is 17.9 Å². The first kappa shape index (κ1) is 19.9. The molecular weight excluding hydrogens is 383 g/mol. The molecule has 1 atom stereocenters. The molecule has 0 spiro atoms. The van der Waals surface area contributed by atoms with E-state index in [1.54, 1.807) is 12.1 Å². The number of hydrogen-bond donors (Lipinski definition) is 1. The molecule has 1 aliphatic carbocycles. The SMILES string of the molecule is O=C(NC1CCCC1)C(c1ccccc1)N(C(=O)c1ccco1)c1ccc(F)cc1. The van der Waals surface area contributed by atoms with Crippen molar-refractivity contribution in [3.8, 4) is 0 Å². The van der Waals surface area contributed by atoms with Gasteiger partial charge in [-0.3, -0.25) is 14.5 Å². The molecule has 5 nitrogen and oxygen atoms in total. The molecule has 3 aromatic rings. The van der Waals surface area contributed by atoms with Crippen molar-refractivity contribution in [2.24, 2.45) is 0 Å². The minimum absolute atomic E-state index is 0.0949. The zero-order valence-electron chi connectivity index (χ0n) is 16.5. The van der Waals surface area contributed by atoms with Crippen molar-refractivity contribution in [3.05, 3.63) is 90.1 Å². The number of hydrogen-bond acceptors (Lipinski definition) is 3. The Bertz CT molecular complexity index is 981. The minimum atomic E-state index is -0.921. The van der Waals surface area contributed by atoms with E-state index in [1.807, 2.05) is 30.3 Å². The molecule has 0 saturated heterocycles. The summed E-state index contributed by atoms with van der Waals surface area (Å²) in [5.41, 5.74) is 1.07. The number of anilines is 1. The van der Waals surface area contributed by atoms with E-state index < -0.39 is 17.8 Å². The topological polar surface area (TPSA) is 62.6 Å². The Morgan fingerprint density at radius 3 is 2.30 bits per heavy atom. The highest BCUT2D eigenvalue weighted by atomic mass is 19.1. The van der Waals surface area contributed by atoms with Crippen LogP contribution in [0.5, 0.6) is 0 Å². The summed E-state index contributed by atoms with van der Waals surface area (Å²) in [4.78, 5) is 28.2. The molecule has 1 fully saturated rings. The van der Waals surface area contributed by atoms with Gasteiger partial charge in [0.15, 0.2) is 5.76 Å². The molecule has 1 N–H and O–H groups in total. The number of nitrogens with zero attached hydrogens (tertiary/aromatic N) is 1. The summed E-state index contributed by atoms with van der Waals surface area (Å²) in [5, 5.41) is 3.10. The van der Waals surface area contributed by atoms with Crippen LogP contribution in [0, 0.1) is 5.82 Å². The summed E-state index contributed by atoms with van der Waals surface area (Å²) >= 11 is 0. The molecule has 154 valence electrons. The van der Waals surface area contributed by atoms with Crippen LogP contribution in [0.4, 0.5) is 10.1 Å². The molecule has 2 aromatic carbocycles. The van der Waals surface area contributed by atoms with Gasteiger partial charge in [0.1, 0.15) is 11.9 Å². The van der Waals surface area contributed by atoms with Gasteiger partial charge in [0, 0.05) is 11.7 Å². The molecule has 30 heavy (non-hydrogen) atoms.